The predicted octanol–water partition coefficient (Wildman–Crippen LogP) is 2.09. The van der Waals surface area contributed by atoms with E-state index in [1.54, 1.807) is 0 Å². The van der Waals surface area contributed by atoms with Gasteiger partial charge in [-0.25, -0.2) is 0 Å². The largest absolute Gasteiger partial charge is 0.330 e. The molecule has 1 saturated heterocycles. The molecule has 1 heterocycles. The van der Waals surface area contributed by atoms with Crippen LogP contribution < -0.4 is 5.73 Å². The summed E-state index contributed by atoms with van der Waals surface area (Å²) < 4.78 is 0. The monoisotopic (exact) mass is 198 g/mol. The van der Waals surface area contributed by atoms with Crippen molar-refractivity contribution in [2.45, 2.75) is 39.5 Å². The highest BCUT2D eigenvalue weighted by Crippen LogP contribution is 2.20. The van der Waals surface area contributed by atoms with E-state index >= 15 is 0 Å². The fourth-order valence-electron chi connectivity index (χ4n) is 2.39. The lowest BCUT2D eigenvalue weighted by Gasteiger charge is -2.34. The maximum absolute atomic E-state index is 5.74. The average Bonchev–Trinajstić information content (AvgIpc) is 2.26. The van der Waals surface area contributed by atoms with Gasteiger partial charge in [0, 0.05) is 13.1 Å². The van der Waals surface area contributed by atoms with E-state index < -0.39 is 0 Å². The number of hydrogen-bond donors (Lipinski definition) is 1. The van der Waals surface area contributed by atoms with Gasteiger partial charge in [0.2, 0.25) is 0 Å². The Morgan fingerprint density at radius 2 is 2.21 bits per heavy atom. The predicted molar refractivity (Wildman–Crippen MR) is 62.3 cm³/mol. The lowest BCUT2D eigenvalue weighted by Crippen LogP contribution is -2.39. The van der Waals surface area contributed by atoms with Crippen LogP contribution in [0, 0.1) is 11.8 Å². The molecule has 2 N–H and O–H groups in total. The molecule has 0 aromatic heterocycles. The van der Waals surface area contributed by atoms with Crippen LogP contribution in [0.15, 0.2) is 0 Å². The molecule has 0 radical (unpaired) electrons. The van der Waals surface area contributed by atoms with Crippen molar-refractivity contribution in [2.24, 2.45) is 17.6 Å². The highest BCUT2D eigenvalue weighted by atomic mass is 15.1. The summed E-state index contributed by atoms with van der Waals surface area (Å²) in [6.07, 6.45) is 5.39. The summed E-state index contributed by atoms with van der Waals surface area (Å²) in [4.78, 5) is 2.62. The van der Waals surface area contributed by atoms with Crippen molar-refractivity contribution in [2.75, 3.05) is 26.2 Å². The molecule has 2 heteroatoms. The molecule has 2 unspecified atom stereocenters. The topological polar surface area (TPSA) is 29.3 Å². The second-order valence-corrected chi connectivity index (χ2v) is 4.69. The zero-order valence-corrected chi connectivity index (χ0v) is 9.84. The van der Waals surface area contributed by atoms with Crippen LogP contribution in [0.3, 0.4) is 0 Å². The Hall–Kier alpha value is -0.0800. The molecule has 0 aliphatic carbocycles. The van der Waals surface area contributed by atoms with Gasteiger partial charge in [-0.2, -0.15) is 0 Å². The van der Waals surface area contributed by atoms with Crippen molar-refractivity contribution in [3.05, 3.63) is 0 Å². The van der Waals surface area contributed by atoms with E-state index in [4.69, 9.17) is 5.73 Å². The highest BCUT2D eigenvalue weighted by Gasteiger charge is 2.19. The Kier molecular flexibility index (Phi) is 5.49. The van der Waals surface area contributed by atoms with Crippen molar-refractivity contribution in [1.29, 1.82) is 0 Å². The van der Waals surface area contributed by atoms with Gasteiger partial charge in [-0.15, -0.1) is 0 Å². The van der Waals surface area contributed by atoms with E-state index in [0.717, 1.165) is 12.5 Å². The molecule has 14 heavy (non-hydrogen) atoms. The van der Waals surface area contributed by atoms with Crippen LogP contribution in [0.4, 0.5) is 0 Å². The minimum absolute atomic E-state index is 0.714. The molecular formula is C12H26N2. The van der Waals surface area contributed by atoms with Crippen LogP contribution in [0.2, 0.25) is 0 Å². The van der Waals surface area contributed by atoms with Gasteiger partial charge in [0.15, 0.2) is 0 Å². The minimum Gasteiger partial charge on any atom is -0.330 e. The molecule has 0 bridgehead atoms. The third-order valence-electron chi connectivity index (χ3n) is 3.61. The molecule has 1 aliphatic rings. The van der Waals surface area contributed by atoms with Gasteiger partial charge in [-0.1, -0.05) is 26.7 Å². The smallest absolute Gasteiger partial charge is 0.00217 e. The van der Waals surface area contributed by atoms with Crippen molar-refractivity contribution >= 4 is 0 Å². The maximum Gasteiger partial charge on any atom is 0.00217 e. The fourth-order valence-corrected chi connectivity index (χ4v) is 2.39. The molecule has 0 spiro atoms. The molecule has 1 fully saturated rings. The Balaban J connectivity index is 2.29. The summed E-state index contributed by atoms with van der Waals surface area (Å²) >= 11 is 0. The summed E-state index contributed by atoms with van der Waals surface area (Å²) in [5.41, 5.74) is 5.74. The standard InChI is InChI=1S/C12H26N2/c1-3-11-6-5-7-14(9-11)10-12(4-2)8-13/h11-12H,3-10,13H2,1-2H3. The van der Waals surface area contributed by atoms with Crippen LogP contribution in [0.25, 0.3) is 0 Å². The fraction of sp³-hybridized carbons (Fsp3) is 1.00. The summed E-state index contributed by atoms with van der Waals surface area (Å²) in [7, 11) is 0. The Morgan fingerprint density at radius 1 is 1.43 bits per heavy atom. The third kappa shape index (κ3) is 3.58. The van der Waals surface area contributed by atoms with Gasteiger partial charge >= 0.3 is 0 Å². The molecule has 2 nitrogen and oxygen atoms in total. The first-order valence-corrected chi connectivity index (χ1v) is 6.22. The zero-order valence-electron chi connectivity index (χ0n) is 9.84. The first kappa shape index (κ1) is 12.0. The summed E-state index contributed by atoms with van der Waals surface area (Å²) in [6, 6.07) is 0. The molecule has 1 rings (SSSR count). The summed E-state index contributed by atoms with van der Waals surface area (Å²) in [6.45, 7) is 9.25. The first-order chi connectivity index (χ1) is 6.80. The summed E-state index contributed by atoms with van der Waals surface area (Å²) in [5.74, 6) is 1.66. The van der Waals surface area contributed by atoms with Crippen LogP contribution in [0.5, 0.6) is 0 Å². The van der Waals surface area contributed by atoms with Crippen LogP contribution in [-0.4, -0.2) is 31.1 Å². The number of rotatable bonds is 5. The molecule has 2 atom stereocenters. The number of nitrogens with zero attached hydrogens (tertiary/aromatic N) is 1. The van der Waals surface area contributed by atoms with Gasteiger partial charge in [0.25, 0.3) is 0 Å². The number of likely N-dealkylation sites (tertiary alicyclic amines) is 1. The second-order valence-electron chi connectivity index (χ2n) is 4.69. The Bertz CT molecular complexity index is 143. The van der Waals surface area contributed by atoms with Crippen molar-refractivity contribution in [3.8, 4) is 0 Å². The Labute approximate surface area is 88.8 Å². The van der Waals surface area contributed by atoms with Gasteiger partial charge in [0.1, 0.15) is 0 Å². The van der Waals surface area contributed by atoms with E-state index in [1.807, 2.05) is 0 Å². The normalized spacial score (nSPS) is 26.4. The van der Waals surface area contributed by atoms with Crippen LogP contribution in [0.1, 0.15) is 39.5 Å². The molecule has 84 valence electrons. The molecule has 0 saturated carbocycles. The van der Waals surface area contributed by atoms with E-state index in [-0.39, 0.29) is 0 Å². The second kappa shape index (κ2) is 6.41. The van der Waals surface area contributed by atoms with Gasteiger partial charge in [-0.05, 0) is 37.8 Å². The SMILES string of the molecule is CCC(CN)CN1CCCC(CC)C1. The quantitative estimate of drug-likeness (QED) is 0.733. The molecule has 1 aliphatic heterocycles. The maximum atomic E-state index is 5.74. The van der Waals surface area contributed by atoms with E-state index in [2.05, 4.69) is 18.7 Å². The Morgan fingerprint density at radius 3 is 2.79 bits per heavy atom. The number of nitrogens with two attached hydrogens (primary N) is 1. The highest BCUT2D eigenvalue weighted by molar-refractivity contribution is 4.74. The summed E-state index contributed by atoms with van der Waals surface area (Å²) in [5, 5.41) is 0. The van der Waals surface area contributed by atoms with Crippen molar-refractivity contribution in [1.82, 2.24) is 4.90 Å². The molecule has 0 aromatic carbocycles. The van der Waals surface area contributed by atoms with E-state index in [0.29, 0.717) is 5.92 Å². The van der Waals surface area contributed by atoms with Gasteiger partial charge in [0.05, 0.1) is 0 Å². The van der Waals surface area contributed by atoms with Crippen molar-refractivity contribution in [3.63, 3.8) is 0 Å². The zero-order chi connectivity index (χ0) is 10.4. The van der Waals surface area contributed by atoms with Crippen LogP contribution in [-0.2, 0) is 0 Å². The third-order valence-corrected chi connectivity index (χ3v) is 3.61. The number of hydrogen-bond acceptors (Lipinski definition) is 2. The van der Waals surface area contributed by atoms with Gasteiger partial charge < -0.3 is 10.6 Å². The van der Waals surface area contributed by atoms with Crippen molar-refractivity contribution < 1.29 is 0 Å². The van der Waals surface area contributed by atoms with E-state index in [9.17, 15) is 0 Å². The molecule has 0 amide bonds. The van der Waals surface area contributed by atoms with Gasteiger partial charge in [-0.3, -0.25) is 0 Å². The molecule has 0 aromatic rings. The lowest BCUT2D eigenvalue weighted by molar-refractivity contribution is 0.149. The number of piperidine rings is 1. The van der Waals surface area contributed by atoms with E-state index in [1.165, 1.54) is 45.3 Å². The lowest BCUT2D eigenvalue weighted by atomic mass is 9.94. The minimum atomic E-state index is 0.714. The molecular weight excluding hydrogens is 172 g/mol. The average molecular weight is 198 g/mol. The first-order valence-electron chi connectivity index (χ1n) is 6.22. The van der Waals surface area contributed by atoms with Crippen LogP contribution >= 0.6 is 0 Å².